The lowest BCUT2D eigenvalue weighted by atomic mass is 10.0. The van der Waals surface area contributed by atoms with Crippen molar-refractivity contribution in [2.45, 2.75) is 20.3 Å². The van der Waals surface area contributed by atoms with Gasteiger partial charge in [-0.05, 0) is 31.0 Å². The molecule has 1 saturated heterocycles. The first-order valence-electron chi connectivity index (χ1n) is 5.82. The smallest absolute Gasteiger partial charge is 0.328 e. The fourth-order valence-electron chi connectivity index (χ4n) is 1.99. The van der Waals surface area contributed by atoms with Crippen LogP contribution < -0.4 is 10.2 Å². The van der Waals surface area contributed by atoms with Gasteiger partial charge in [0.1, 0.15) is 0 Å². The number of amides is 3. The fourth-order valence-corrected chi connectivity index (χ4v) is 1.99. The number of benzene rings is 1. The van der Waals surface area contributed by atoms with Crippen LogP contribution in [0.1, 0.15) is 18.9 Å². The summed E-state index contributed by atoms with van der Waals surface area (Å²) in [5.41, 5.74) is 1.67. The highest BCUT2D eigenvalue weighted by atomic mass is 16.2. The number of rotatable bonds is 2. The first-order valence-corrected chi connectivity index (χ1v) is 5.82. The number of aryl methyl sites for hydroxylation is 1. The standard InChI is InChI=1S/C13H16N2O2/c1-3-10-8-14-13(17)15(12(10)16)11-6-4-5-9(2)7-11/h4-7,10H,3,8H2,1-2H3,(H,14,17). The summed E-state index contributed by atoms with van der Waals surface area (Å²) in [6.07, 6.45) is 0.738. The van der Waals surface area contributed by atoms with E-state index in [1.807, 2.05) is 32.0 Å². The monoisotopic (exact) mass is 232 g/mol. The van der Waals surface area contributed by atoms with Gasteiger partial charge in [0.25, 0.3) is 0 Å². The molecule has 1 N–H and O–H groups in total. The third-order valence-electron chi connectivity index (χ3n) is 3.03. The largest absolute Gasteiger partial charge is 0.337 e. The van der Waals surface area contributed by atoms with Crippen LogP contribution in [0.2, 0.25) is 0 Å². The van der Waals surface area contributed by atoms with E-state index in [1.54, 1.807) is 6.07 Å². The van der Waals surface area contributed by atoms with E-state index in [2.05, 4.69) is 5.32 Å². The Bertz CT molecular complexity index is 456. The van der Waals surface area contributed by atoms with E-state index >= 15 is 0 Å². The Morgan fingerprint density at radius 1 is 1.41 bits per heavy atom. The van der Waals surface area contributed by atoms with Gasteiger partial charge < -0.3 is 5.32 Å². The first-order chi connectivity index (χ1) is 8.13. The molecule has 4 heteroatoms. The van der Waals surface area contributed by atoms with Crippen LogP contribution in [0.4, 0.5) is 10.5 Å². The predicted octanol–water partition coefficient (Wildman–Crippen LogP) is 2.08. The summed E-state index contributed by atoms with van der Waals surface area (Å²) in [6.45, 7) is 4.33. The molecule has 1 atom stereocenters. The third-order valence-corrected chi connectivity index (χ3v) is 3.03. The number of hydrogen-bond donors (Lipinski definition) is 1. The fraction of sp³-hybridized carbons (Fsp3) is 0.385. The summed E-state index contributed by atoms with van der Waals surface area (Å²) >= 11 is 0. The SMILES string of the molecule is CCC1CNC(=O)N(c2cccc(C)c2)C1=O. The molecule has 3 amide bonds. The molecule has 1 aliphatic rings. The van der Waals surface area contributed by atoms with E-state index in [-0.39, 0.29) is 17.9 Å². The van der Waals surface area contributed by atoms with E-state index in [0.29, 0.717) is 12.2 Å². The van der Waals surface area contributed by atoms with E-state index < -0.39 is 0 Å². The summed E-state index contributed by atoms with van der Waals surface area (Å²) < 4.78 is 0. The number of anilines is 1. The second-order valence-electron chi connectivity index (χ2n) is 4.30. The molecular weight excluding hydrogens is 216 g/mol. The van der Waals surface area contributed by atoms with Gasteiger partial charge in [0.05, 0.1) is 11.6 Å². The van der Waals surface area contributed by atoms with E-state index in [4.69, 9.17) is 0 Å². The van der Waals surface area contributed by atoms with E-state index in [1.165, 1.54) is 4.90 Å². The third kappa shape index (κ3) is 2.16. The molecule has 1 unspecified atom stereocenters. The lowest BCUT2D eigenvalue weighted by molar-refractivity contribution is -0.122. The molecule has 0 radical (unpaired) electrons. The van der Waals surface area contributed by atoms with Crippen molar-refractivity contribution >= 4 is 17.6 Å². The Balaban J connectivity index is 2.34. The molecular formula is C13H16N2O2. The van der Waals surface area contributed by atoms with Crippen molar-refractivity contribution in [2.75, 3.05) is 11.4 Å². The van der Waals surface area contributed by atoms with Crippen LogP contribution in [0.3, 0.4) is 0 Å². The quantitative estimate of drug-likeness (QED) is 0.848. The van der Waals surface area contributed by atoms with Crippen LogP contribution in [0, 0.1) is 12.8 Å². The zero-order valence-electron chi connectivity index (χ0n) is 10.1. The van der Waals surface area contributed by atoms with Gasteiger partial charge in [-0.1, -0.05) is 19.1 Å². The second kappa shape index (κ2) is 4.57. The van der Waals surface area contributed by atoms with Crippen LogP contribution in [0.5, 0.6) is 0 Å². The lowest BCUT2D eigenvalue weighted by Crippen LogP contribution is -2.55. The molecule has 0 spiro atoms. The molecule has 0 aromatic heterocycles. The van der Waals surface area contributed by atoms with Crippen molar-refractivity contribution in [3.8, 4) is 0 Å². The highest BCUT2D eigenvalue weighted by molar-refractivity contribution is 6.16. The maximum absolute atomic E-state index is 12.1. The van der Waals surface area contributed by atoms with Crippen molar-refractivity contribution in [2.24, 2.45) is 5.92 Å². The molecule has 1 heterocycles. The topological polar surface area (TPSA) is 49.4 Å². The van der Waals surface area contributed by atoms with Crippen LogP contribution in [0.15, 0.2) is 24.3 Å². The van der Waals surface area contributed by atoms with Crippen LogP contribution in [-0.4, -0.2) is 18.5 Å². The molecule has 2 rings (SSSR count). The summed E-state index contributed by atoms with van der Waals surface area (Å²) in [5.74, 6) is -0.227. The Labute approximate surface area is 101 Å². The van der Waals surface area contributed by atoms with Gasteiger partial charge in [-0.25, -0.2) is 9.69 Å². The number of hydrogen-bond acceptors (Lipinski definition) is 2. The van der Waals surface area contributed by atoms with Gasteiger partial charge in [-0.3, -0.25) is 4.79 Å². The minimum atomic E-state index is -0.328. The summed E-state index contributed by atoms with van der Waals surface area (Å²) in [7, 11) is 0. The Morgan fingerprint density at radius 3 is 2.82 bits per heavy atom. The molecule has 1 aliphatic heterocycles. The number of imide groups is 1. The lowest BCUT2D eigenvalue weighted by Gasteiger charge is -2.31. The van der Waals surface area contributed by atoms with Crippen molar-refractivity contribution in [1.29, 1.82) is 0 Å². The Kier molecular flexibility index (Phi) is 3.13. The molecule has 4 nitrogen and oxygen atoms in total. The molecule has 0 bridgehead atoms. The maximum Gasteiger partial charge on any atom is 0.328 e. The normalized spacial score (nSPS) is 20.4. The molecule has 17 heavy (non-hydrogen) atoms. The van der Waals surface area contributed by atoms with Crippen LogP contribution >= 0.6 is 0 Å². The Morgan fingerprint density at radius 2 is 2.18 bits per heavy atom. The first kappa shape index (κ1) is 11.6. The van der Waals surface area contributed by atoms with Gasteiger partial charge in [0.2, 0.25) is 5.91 Å². The molecule has 0 aliphatic carbocycles. The van der Waals surface area contributed by atoms with Gasteiger partial charge in [0.15, 0.2) is 0 Å². The van der Waals surface area contributed by atoms with E-state index in [0.717, 1.165) is 12.0 Å². The van der Waals surface area contributed by atoms with Crippen molar-refractivity contribution in [3.05, 3.63) is 29.8 Å². The number of nitrogens with zero attached hydrogens (tertiary/aromatic N) is 1. The molecule has 0 saturated carbocycles. The van der Waals surface area contributed by atoms with Crippen LogP contribution in [-0.2, 0) is 4.79 Å². The highest BCUT2D eigenvalue weighted by Crippen LogP contribution is 2.22. The number of carbonyl (C=O) groups excluding carboxylic acids is 2. The van der Waals surface area contributed by atoms with Gasteiger partial charge in [0, 0.05) is 6.54 Å². The summed E-state index contributed by atoms with van der Waals surface area (Å²) in [5, 5.41) is 2.75. The highest BCUT2D eigenvalue weighted by Gasteiger charge is 2.33. The zero-order valence-corrected chi connectivity index (χ0v) is 10.1. The van der Waals surface area contributed by atoms with E-state index in [9.17, 15) is 9.59 Å². The van der Waals surface area contributed by atoms with Gasteiger partial charge in [-0.15, -0.1) is 0 Å². The van der Waals surface area contributed by atoms with Crippen molar-refractivity contribution in [1.82, 2.24) is 5.32 Å². The second-order valence-corrected chi connectivity index (χ2v) is 4.30. The molecule has 1 fully saturated rings. The number of carbonyl (C=O) groups is 2. The minimum absolute atomic E-state index is 0.109. The van der Waals surface area contributed by atoms with Crippen molar-refractivity contribution in [3.63, 3.8) is 0 Å². The molecule has 1 aromatic rings. The average Bonchev–Trinajstić information content (AvgIpc) is 2.29. The molecule has 90 valence electrons. The number of nitrogens with one attached hydrogen (secondary N) is 1. The van der Waals surface area contributed by atoms with Crippen LogP contribution in [0.25, 0.3) is 0 Å². The predicted molar refractivity (Wildman–Crippen MR) is 65.8 cm³/mol. The van der Waals surface area contributed by atoms with Gasteiger partial charge >= 0.3 is 6.03 Å². The summed E-state index contributed by atoms with van der Waals surface area (Å²) in [4.78, 5) is 25.2. The zero-order chi connectivity index (χ0) is 12.4. The summed E-state index contributed by atoms with van der Waals surface area (Å²) in [6, 6.07) is 7.08. The minimum Gasteiger partial charge on any atom is -0.337 e. The molecule has 1 aromatic carbocycles. The number of urea groups is 1. The van der Waals surface area contributed by atoms with Crippen molar-refractivity contribution < 1.29 is 9.59 Å². The maximum atomic E-state index is 12.1. The van der Waals surface area contributed by atoms with Gasteiger partial charge in [-0.2, -0.15) is 0 Å². The Hall–Kier alpha value is -1.84. The average molecular weight is 232 g/mol.